The van der Waals surface area contributed by atoms with E-state index in [4.69, 9.17) is 9.84 Å². The summed E-state index contributed by atoms with van der Waals surface area (Å²) in [6, 6.07) is 6.09. The minimum Gasteiger partial charge on any atom is -0.497 e. The molecule has 2 N–H and O–H groups in total. The number of benzene rings is 1. The van der Waals surface area contributed by atoms with Gasteiger partial charge in [-0.15, -0.1) is 0 Å². The van der Waals surface area contributed by atoms with Crippen LogP contribution in [0, 0.1) is 0 Å². The lowest BCUT2D eigenvalue weighted by atomic mass is 10.1. The topological polar surface area (TPSA) is 41.5 Å². The van der Waals surface area contributed by atoms with Crippen molar-refractivity contribution in [2.24, 2.45) is 0 Å². The van der Waals surface area contributed by atoms with Crippen LogP contribution in [0.25, 0.3) is 0 Å². The molecule has 1 aliphatic rings. The Balaban J connectivity index is 2.25. The van der Waals surface area contributed by atoms with Gasteiger partial charge in [0, 0.05) is 5.69 Å². The molecule has 1 aliphatic heterocycles. The molecule has 13 heavy (non-hydrogen) atoms. The maximum absolute atomic E-state index is 8.97. The Hall–Kier alpha value is -1.22. The van der Waals surface area contributed by atoms with E-state index in [0.717, 1.165) is 17.9 Å². The highest BCUT2D eigenvalue weighted by atomic mass is 16.5. The zero-order chi connectivity index (χ0) is 9.26. The van der Waals surface area contributed by atoms with E-state index < -0.39 is 0 Å². The molecule has 0 saturated heterocycles. The first-order valence-corrected chi connectivity index (χ1v) is 4.38. The van der Waals surface area contributed by atoms with Crippen molar-refractivity contribution < 1.29 is 9.84 Å². The van der Waals surface area contributed by atoms with E-state index in [-0.39, 0.29) is 12.6 Å². The van der Waals surface area contributed by atoms with Crippen LogP contribution in [-0.2, 0) is 6.42 Å². The van der Waals surface area contributed by atoms with Gasteiger partial charge in [-0.2, -0.15) is 0 Å². The van der Waals surface area contributed by atoms with Gasteiger partial charge in [-0.1, -0.05) is 0 Å². The van der Waals surface area contributed by atoms with E-state index in [1.165, 1.54) is 5.56 Å². The fourth-order valence-corrected chi connectivity index (χ4v) is 1.65. The van der Waals surface area contributed by atoms with Crippen LogP contribution in [0.5, 0.6) is 5.75 Å². The first-order valence-electron chi connectivity index (χ1n) is 4.38. The third-order valence-electron chi connectivity index (χ3n) is 2.36. The van der Waals surface area contributed by atoms with Crippen molar-refractivity contribution in [1.82, 2.24) is 0 Å². The molecule has 1 heterocycles. The van der Waals surface area contributed by atoms with E-state index in [1.807, 2.05) is 18.2 Å². The fraction of sp³-hybridized carbons (Fsp3) is 0.400. The van der Waals surface area contributed by atoms with Gasteiger partial charge in [0.25, 0.3) is 0 Å². The molecule has 0 amide bonds. The van der Waals surface area contributed by atoms with Crippen LogP contribution in [-0.4, -0.2) is 24.9 Å². The Morgan fingerprint density at radius 3 is 3.15 bits per heavy atom. The standard InChI is InChI=1S/C10H13NO2/c1-13-9-2-3-10-7(5-9)4-8(6-12)11-10/h2-3,5,8,11-12H,4,6H2,1H3/t8-/m1/s1. The number of aliphatic hydroxyl groups excluding tert-OH is 1. The summed E-state index contributed by atoms with van der Waals surface area (Å²) in [7, 11) is 1.66. The third kappa shape index (κ3) is 1.47. The van der Waals surface area contributed by atoms with E-state index >= 15 is 0 Å². The third-order valence-corrected chi connectivity index (χ3v) is 2.36. The average Bonchev–Trinajstić information content (AvgIpc) is 2.58. The molecule has 0 fully saturated rings. The number of ether oxygens (including phenoxy) is 1. The molecule has 1 aromatic carbocycles. The maximum Gasteiger partial charge on any atom is 0.119 e. The minimum atomic E-state index is 0.169. The summed E-state index contributed by atoms with van der Waals surface area (Å²) in [6.45, 7) is 0.178. The van der Waals surface area contributed by atoms with Gasteiger partial charge in [0.15, 0.2) is 0 Å². The van der Waals surface area contributed by atoms with Crippen LogP contribution in [0.1, 0.15) is 5.56 Å². The van der Waals surface area contributed by atoms with Crippen LogP contribution >= 0.6 is 0 Å². The van der Waals surface area contributed by atoms with Crippen molar-refractivity contribution in [3.8, 4) is 5.75 Å². The van der Waals surface area contributed by atoms with Gasteiger partial charge in [0.2, 0.25) is 0 Å². The van der Waals surface area contributed by atoms with Crippen LogP contribution < -0.4 is 10.1 Å². The first kappa shape index (κ1) is 8.38. The largest absolute Gasteiger partial charge is 0.497 e. The van der Waals surface area contributed by atoms with Gasteiger partial charge < -0.3 is 15.2 Å². The van der Waals surface area contributed by atoms with Crippen LogP contribution in [0.3, 0.4) is 0 Å². The predicted octanol–water partition coefficient (Wildman–Crippen LogP) is 1.02. The van der Waals surface area contributed by atoms with E-state index in [2.05, 4.69) is 5.32 Å². The fourth-order valence-electron chi connectivity index (χ4n) is 1.65. The summed E-state index contributed by atoms with van der Waals surface area (Å²) in [5.74, 6) is 0.874. The van der Waals surface area contributed by atoms with Gasteiger partial charge in [-0.25, -0.2) is 0 Å². The van der Waals surface area contributed by atoms with Crippen molar-refractivity contribution in [3.63, 3.8) is 0 Å². The summed E-state index contributed by atoms with van der Waals surface area (Å²) in [5, 5.41) is 12.2. The van der Waals surface area contributed by atoms with Crippen molar-refractivity contribution in [2.75, 3.05) is 19.0 Å². The Bertz CT molecular complexity index is 312. The Morgan fingerprint density at radius 2 is 2.46 bits per heavy atom. The molecule has 70 valence electrons. The molecule has 0 aromatic heterocycles. The Kier molecular flexibility index (Phi) is 2.10. The zero-order valence-electron chi connectivity index (χ0n) is 7.58. The number of aliphatic hydroxyl groups is 1. The molecule has 0 radical (unpaired) electrons. The number of hydrogen-bond acceptors (Lipinski definition) is 3. The number of rotatable bonds is 2. The van der Waals surface area contributed by atoms with Gasteiger partial charge in [-0.3, -0.25) is 0 Å². The molecule has 0 bridgehead atoms. The monoisotopic (exact) mass is 179 g/mol. The zero-order valence-corrected chi connectivity index (χ0v) is 7.58. The van der Waals surface area contributed by atoms with Gasteiger partial charge in [-0.05, 0) is 30.2 Å². The highest BCUT2D eigenvalue weighted by Gasteiger charge is 2.19. The average molecular weight is 179 g/mol. The van der Waals surface area contributed by atoms with Crippen LogP contribution in [0.15, 0.2) is 18.2 Å². The number of hydrogen-bond donors (Lipinski definition) is 2. The molecule has 3 heteroatoms. The van der Waals surface area contributed by atoms with Crippen LogP contribution in [0.4, 0.5) is 5.69 Å². The SMILES string of the molecule is COc1ccc2c(c1)C[C@H](CO)N2. The van der Waals surface area contributed by atoms with E-state index in [0.29, 0.717) is 0 Å². The molecular formula is C10H13NO2. The van der Waals surface area contributed by atoms with E-state index in [1.54, 1.807) is 7.11 Å². The molecule has 3 nitrogen and oxygen atoms in total. The lowest BCUT2D eigenvalue weighted by molar-refractivity contribution is 0.277. The highest BCUT2D eigenvalue weighted by Crippen LogP contribution is 2.28. The molecule has 1 atom stereocenters. The highest BCUT2D eigenvalue weighted by molar-refractivity contribution is 5.59. The van der Waals surface area contributed by atoms with E-state index in [9.17, 15) is 0 Å². The quantitative estimate of drug-likeness (QED) is 0.712. The number of fused-ring (bicyclic) bond motifs is 1. The molecule has 1 aromatic rings. The molecule has 0 spiro atoms. The van der Waals surface area contributed by atoms with Crippen molar-refractivity contribution in [1.29, 1.82) is 0 Å². The van der Waals surface area contributed by atoms with Crippen LogP contribution in [0.2, 0.25) is 0 Å². The second-order valence-corrected chi connectivity index (χ2v) is 3.25. The smallest absolute Gasteiger partial charge is 0.119 e. The maximum atomic E-state index is 8.97. The summed E-state index contributed by atoms with van der Waals surface area (Å²) >= 11 is 0. The normalized spacial score (nSPS) is 19.4. The molecule has 0 unspecified atom stereocenters. The molecule has 0 saturated carbocycles. The second-order valence-electron chi connectivity index (χ2n) is 3.25. The second kappa shape index (κ2) is 3.26. The lowest BCUT2D eigenvalue weighted by Crippen LogP contribution is -2.19. The summed E-state index contributed by atoms with van der Waals surface area (Å²) in [4.78, 5) is 0. The van der Waals surface area contributed by atoms with Crippen molar-refractivity contribution in [2.45, 2.75) is 12.5 Å². The summed E-state index contributed by atoms with van der Waals surface area (Å²) in [5.41, 5.74) is 2.33. The van der Waals surface area contributed by atoms with Gasteiger partial charge >= 0.3 is 0 Å². The minimum absolute atomic E-state index is 0.169. The molecular weight excluding hydrogens is 166 g/mol. The number of methoxy groups -OCH3 is 1. The lowest BCUT2D eigenvalue weighted by Gasteiger charge is -2.05. The Labute approximate surface area is 77.3 Å². The number of anilines is 1. The van der Waals surface area contributed by atoms with Crippen molar-refractivity contribution in [3.05, 3.63) is 23.8 Å². The predicted molar refractivity (Wildman–Crippen MR) is 51.2 cm³/mol. The summed E-state index contributed by atoms with van der Waals surface area (Å²) in [6.07, 6.45) is 0.878. The number of nitrogens with one attached hydrogen (secondary N) is 1. The van der Waals surface area contributed by atoms with Crippen molar-refractivity contribution >= 4 is 5.69 Å². The first-order chi connectivity index (χ1) is 6.33. The van der Waals surface area contributed by atoms with Gasteiger partial charge in [0.05, 0.1) is 19.8 Å². The summed E-state index contributed by atoms with van der Waals surface area (Å²) < 4.78 is 5.12. The van der Waals surface area contributed by atoms with Gasteiger partial charge in [0.1, 0.15) is 5.75 Å². The molecule has 0 aliphatic carbocycles. The molecule has 2 rings (SSSR count). The Morgan fingerprint density at radius 1 is 1.62 bits per heavy atom.